The smallest absolute Gasteiger partial charge is 0.240 e. The van der Waals surface area contributed by atoms with Crippen molar-refractivity contribution in [2.24, 2.45) is 5.10 Å². The number of hydrogen-bond donors (Lipinski definition) is 2. The lowest BCUT2D eigenvalue weighted by Gasteiger charge is -2.08. The summed E-state index contributed by atoms with van der Waals surface area (Å²) < 4.78 is 12.1. The lowest BCUT2D eigenvalue weighted by atomic mass is 10.2. The highest BCUT2D eigenvalue weighted by Crippen LogP contribution is 2.34. The van der Waals surface area contributed by atoms with Gasteiger partial charge >= 0.3 is 0 Å². The zero-order valence-electron chi connectivity index (χ0n) is 15.0. The molecule has 0 fully saturated rings. The van der Waals surface area contributed by atoms with Crippen molar-refractivity contribution in [3.05, 3.63) is 50.4 Å². The Balaban J connectivity index is 1.76. The molecule has 0 unspecified atom stereocenters. The van der Waals surface area contributed by atoms with E-state index in [0.717, 1.165) is 15.8 Å². The van der Waals surface area contributed by atoms with Gasteiger partial charge in [0.25, 0.3) is 0 Å². The van der Waals surface area contributed by atoms with E-state index < -0.39 is 0 Å². The van der Waals surface area contributed by atoms with Crippen molar-refractivity contribution in [1.29, 1.82) is 0 Å². The summed E-state index contributed by atoms with van der Waals surface area (Å²) in [7, 11) is 1.46. The first-order chi connectivity index (χ1) is 12.9. The van der Waals surface area contributed by atoms with E-state index in [9.17, 15) is 9.90 Å². The van der Waals surface area contributed by atoms with Crippen LogP contribution in [0.2, 0.25) is 0 Å². The van der Waals surface area contributed by atoms with Gasteiger partial charge in [-0.15, -0.1) is 0 Å². The quantitative estimate of drug-likeness (QED) is 0.317. The zero-order chi connectivity index (χ0) is 19.8. The summed E-state index contributed by atoms with van der Waals surface area (Å²) in [6.45, 7) is 2.44. The topological polar surface area (TPSA) is 80.2 Å². The van der Waals surface area contributed by atoms with Gasteiger partial charge in [0, 0.05) is 6.42 Å². The predicted octanol–water partition coefficient (Wildman–Crippen LogP) is 4.54. The number of amides is 1. The van der Waals surface area contributed by atoms with Gasteiger partial charge in [-0.05, 0) is 80.6 Å². The van der Waals surface area contributed by atoms with Gasteiger partial charge in [0.1, 0.15) is 5.75 Å². The molecule has 2 aromatic rings. The highest BCUT2D eigenvalue weighted by Gasteiger charge is 2.08. The zero-order valence-corrected chi connectivity index (χ0v) is 18.1. The van der Waals surface area contributed by atoms with Crippen LogP contribution in [0.25, 0.3) is 0 Å². The maximum Gasteiger partial charge on any atom is 0.240 e. The molecule has 2 rings (SSSR count). The summed E-state index contributed by atoms with van der Waals surface area (Å²) in [5.74, 6) is 0.879. The van der Waals surface area contributed by atoms with Crippen molar-refractivity contribution >= 4 is 44.0 Å². The Morgan fingerprint density at radius 1 is 1.22 bits per heavy atom. The fraction of sp³-hybridized carbons (Fsp3) is 0.263. The molecule has 0 saturated heterocycles. The molecule has 0 atom stereocenters. The molecular formula is C19H20Br2N2O4. The van der Waals surface area contributed by atoms with Crippen LogP contribution in [-0.4, -0.2) is 30.9 Å². The molecule has 6 nitrogen and oxygen atoms in total. The normalized spacial score (nSPS) is 10.8. The summed E-state index contributed by atoms with van der Waals surface area (Å²) >= 11 is 6.69. The van der Waals surface area contributed by atoms with E-state index in [1.807, 2.05) is 25.1 Å². The van der Waals surface area contributed by atoms with Gasteiger partial charge in [-0.3, -0.25) is 4.79 Å². The Kier molecular flexibility index (Phi) is 8.12. The van der Waals surface area contributed by atoms with Crippen LogP contribution in [0.4, 0.5) is 0 Å². The van der Waals surface area contributed by atoms with Crippen LogP contribution >= 0.6 is 31.9 Å². The van der Waals surface area contributed by atoms with Crippen LogP contribution in [0, 0.1) is 6.92 Å². The maximum absolute atomic E-state index is 11.8. The molecule has 8 heteroatoms. The van der Waals surface area contributed by atoms with Crippen molar-refractivity contribution in [3.8, 4) is 17.2 Å². The van der Waals surface area contributed by atoms with E-state index in [-0.39, 0.29) is 11.7 Å². The molecule has 0 aliphatic rings. The van der Waals surface area contributed by atoms with E-state index >= 15 is 0 Å². The number of methoxy groups -OCH3 is 1. The van der Waals surface area contributed by atoms with Gasteiger partial charge in [0.05, 0.1) is 28.9 Å². The molecule has 2 N–H and O–H groups in total. The summed E-state index contributed by atoms with van der Waals surface area (Å²) in [4.78, 5) is 11.8. The summed E-state index contributed by atoms with van der Waals surface area (Å²) in [5.41, 5.74) is 4.28. The van der Waals surface area contributed by atoms with Crippen LogP contribution in [-0.2, 0) is 4.79 Å². The average molecular weight is 500 g/mol. The number of carbonyl (C=O) groups is 1. The third kappa shape index (κ3) is 6.55. The molecule has 144 valence electrons. The van der Waals surface area contributed by atoms with Crippen molar-refractivity contribution < 1.29 is 19.4 Å². The number of rotatable bonds is 8. The number of aryl methyl sites for hydroxylation is 1. The Morgan fingerprint density at radius 2 is 2.00 bits per heavy atom. The molecule has 1 amide bonds. The fourth-order valence-corrected chi connectivity index (χ4v) is 3.26. The maximum atomic E-state index is 11.8. The van der Waals surface area contributed by atoms with Gasteiger partial charge in [0.15, 0.2) is 11.5 Å². The highest BCUT2D eigenvalue weighted by atomic mass is 79.9. The third-order valence-electron chi connectivity index (χ3n) is 3.57. The Labute approximate surface area is 174 Å². The largest absolute Gasteiger partial charge is 0.503 e. The molecular weight excluding hydrogens is 480 g/mol. The van der Waals surface area contributed by atoms with E-state index in [0.29, 0.717) is 35.2 Å². The van der Waals surface area contributed by atoms with E-state index in [4.69, 9.17) is 9.47 Å². The molecule has 0 aromatic heterocycles. The number of phenolic OH excluding ortho intramolecular Hbond substituents is 1. The second-order valence-electron chi connectivity index (χ2n) is 5.73. The molecule has 0 aliphatic carbocycles. The van der Waals surface area contributed by atoms with Crippen LogP contribution in [0.1, 0.15) is 24.0 Å². The van der Waals surface area contributed by atoms with Crippen LogP contribution in [0.15, 0.2) is 44.4 Å². The van der Waals surface area contributed by atoms with Gasteiger partial charge in [-0.1, -0.05) is 6.07 Å². The molecule has 27 heavy (non-hydrogen) atoms. The second-order valence-corrected chi connectivity index (χ2v) is 7.44. The number of phenols is 1. The number of nitrogens with zero attached hydrogens (tertiary/aromatic N) is 1. The predicted molar refractivity (Wildman–Crippen MR) is 112 cm³/mol. The number of hydrazone groups is 1. The van der Waals surface area contributed by atoms with E-state index in [1.54, 1.807) is 12.1 Å². The highest BCUT2D eigenvalue weighted by molar-refractivity contribution is 9.10. The molecule has 0 heterocycles. The Bertz CT molecular complexity index is 841. The Hall–Kier alpha value is -2.06. The first-order valence-corrected chi connectivity index (χ1v) is 9.76. The minimum atomic E-state index is -0.206. The van der Waals surface area contributed by atoms with Gasteiger partial charge in [0.2, 0.25) is 5.91 Å². The number of aromatic hydroxyl groups is 1. The van der Waals surface area contributed by atoms with E-state index in [1.165, 1.54) is 13.3 Å². The number of hydrogen-bond acceptors (Lipinski definition) is 5. The number of halogens is 2. The summed E-state index contributed by atoms with van der Waals surface area (Å²) in [5, 5.41) is 13.7. The first kappa shape index (κ1) is 21.2. The molecule has 0 saturated carbocycles. The number of nitrogens with one attached hydrogen (secondary N) is 1. The summed E-state index contributed by atoms with van der Waals surface area (Å²) in [6, 6.07) is 9.13. The second kappa shape index (κ2) is 10.3. The lowest BCUT2D eigenvalue weighted by molar-refractivity contribution is -0.121. The van der Waals surface area contributed by atoms with Crippen LogP contribution < -0.4 is 14.9 Å². The van der Waals surface area contributed by atoms with Crippen molar-refractivity contribution in [2.45, 2.75) is 19.8 Å². The molecule has 2 aromatic carbocycles. The molecule has 0 aliphatic heterocycles. The van der Waals surface area contributed by atoms with Crippen molar-refractivity contribution in [1.82, 2.24) is 5.43 Å². The van der Waals surface area contributed by atoms with Crippen molar-refractivity contribution in [3.63, 3.8) is 0 Å². The van der Waals surface area contributed by atoms with E-state index in [2.05, 4.69) is 42.4 Å². The molecule has 0 spiro atoms. The SMILES string of the molecule is COc1cc(/C=N/NC(=O)CCCOc2ccc(C)cc2Br)cc(Br)c1O. The number of benzene rings is 2. The van der Waals surface area contributed by atoms with Gasteiger partial charge in [-0.2, -0.15) is 5.10 Å². The monoisotopic (exact) mass is 498 g/mol. The van der Waals surface area contributed by atoms with Crippen LogP contribution in [0.3, 0.4) is 0 Å². The number of carbonyl (C=O) groups excluding carboxylic acids is 1. The third-order valence-corrected chi connectivity index (χ3v) is 4.79. The van der Waals surface area contributed by atoms with Crippen molar-refractivity contribution in [2.75, 3.05) is 13.7 Å². The minimum Gasteiger partial charge on any atom is -0.503 e. The van der Waals surface area contributed by atoms with Crippen LogP contribution in [0.5, 0.6) is 17.2 Å². The Morgan fingerprint density at radius 3 is 2.70 bits per heavy atom. The standard InChI is InChI=1S/C19H20Br2N2O4/c1-12-5-6-16(14(20)8-12)27-7-3-4-18(24)23-22-11-13-9-15(21)19(25)17(10-13)26-2/h5-6,8-11,25H,3-4,7H2,1-2H3,(H,23,24)/b22-11+. The molecule has 0 bridgehead atoms. The average Bonchev–Trinajstić information content (AvgIpc) is 2.63. The molecule has 0 radical (unpaired) electrons. The van der Waals surface area contributed by atoms with Gasteiger partial charge in [-0.25, -0.2) is 5.43 Å². The fourth-order valence-electron chi connectivity index (χ4n) is 2.20. The number of ether oxygens (including phenoxy) is 2. The minimum absolute atomic E-state index is 0.0129. The summed E-state index contributed by atoms with van der Waals surface area (Å²) in [6.07, 6.45) is 2.34. The lowest BCUT2D eigenvalue weighted by Crippen LogP contribution is -2.18. The van der Waals surface area contributed by atoms with Gasteiger partial charge < -0.3 is 14.6 Å². The first-order valence-electron chi connectivity index (χ1n) is 8.18.